The van der Waals surface area contributed by atoms with Gasteiger partial charge in [0.25, 0.3) is 0 Å². The number of ketones is 1. The number of phenolic OH excluding ortho intramolecular Hbond substituents is 1. The van der Waals surface area contributed by atoms with Crippen molar-refractivity contribution in [1.82, 2.24) is 10.6 Å². The third-order valence-corrected chi connectivity index (χ3v) is 5.11. The second-order valence-corrected chi connectivity index (χ2v) is 7.07. The summed E-state index contributed by atoms with van der Waals surface area (Å²) in [5.41, 5.74) is -3.97. The summed E-state index contributed by atoms with van der Waals surface area (Å²) in [6.07, 6.45) is -5.38. The molecule has 2 aromatic carbocycles. The van der Waals surface area contributed by atoms with Crippen LogP contribution in [-0.4, -0.2) is 47.6 Å². The molecule has 3 atom stereocenters. The minimum absolute atomic E-state index is 0.0237. The van der Waals surface area contributed by atoms with Crippen LogP contribution in [0.4, 0.5) is 18.0 Å². The molecular formula is C21H21F3N2O6. The maximum atomic E-state index is 14.0. The summed E-state index contributed by atoms with van der Waals surface area (Å²) >= 11 is 0. The topological polar surface area (TPSA) is 117 Å². The van der Waals surface area contributed by atoms with E-state index in [9.17, 15) is 33.0 Å². The van der Waals surface area contributed by atoms with Crippen LogP contribution < -0.4 is 20.1 Å². The second kappa shape index (κ2) is 8.58. The van der Waals surface area contributed by atoms with Gasteiger partial charge < -0.3 is 30.3 Å². The van der Waals surface area contributed by atoms with Crippen molar-refractivity contribution < 1.29 is 42.4 Å². The van der Waals surface area contributed by atoms with E-state index in [2.05, 4.69) is 5.32 Å². The monoisotopic (exact) mass is 454 g/mol. The van der Waals surface area contributed by atoms with Crippen LogP contribution in [0.5, 0.6) is 17.2 Å². The van der Waals surface area contributed by atoms with E-state index < -0.39 is 35.7 Å². The normalized spacial score (nSPS) is 23.1. The Labute approximate surface area is 181 Å². The summed E-state index contributed by atoms with van der Waals surface area (Å²) in [6, 6.07) is 5.98. The lowest BCUT2D eigenvalue weighted by atomic mass is 9.77. The number of halogens is 3. The van der Waals surface area contributed by atoms with Crippen molar-refractivity contribution in [1.29, 1.82) is 0 Å². The highest BCUT2D eigenvalue weighted by Crippen LogP contribution is 2.45. The van der Waals surface area contributed by atoms with Crippen LogP contribution in [0.3, 0.4) is 0 Å². The first-order chi connectivity index (χ1) is 15.0. The number of nitrogens with one attached hydrogen (secondary N) is 2. The average molecular weight is 454 g/mol. The predicted molar refractivity (Wildman–Crippen MR) is 106 cm³/mol. The van der Waals surface area contributed by atoms with Crippen LogP contribution in [0, 0.1) is 5.92 Å². The summed E-state index contributed by atoms with van der Waals surface area (Å²) in [7, 11) is 1.39. The Hall–Kier alpha value is -3.47. The SMILES string of the molecule is CCOc1cc([C@H]2NC(=O)N[C@](O)(C(F)(F)F)[C@@H]2C(=O)c2ccc(OC)cc2)ccc1O. The molecule has 1 aliphatic rings. The Bertz CT molecular complexity index is 1010. The smallest absolute Gasteiger partial charge is 0.437 e. The zero-order chi connectivity index (χ0) is 23.7. The quantitative estimate of drug-likeness (QED) is 0.499. The van der Waals surface area contributed by atoms with Gasteiger partial charge in [-0.2, -0.15) is 13.2 Å². The fraction of sp³-hybridized carbons (Fsp3) is 0.333. The van der Waals surface area contributed by atoms with E-state index in [1.165, 1.54) is 48.8 Å². The number of urea groups is 1. The van der Waals surface area contributed by atoms with E-state index in [1.807, 2.05) is 0 Å². The largest absolute Gasteiger partial charge is 0.504 e. The molecule has 0 aromatic heterocycles. The highest BCUT2D eigenvalue weighted by atomic mass is 19.4. The molecule has 2 aromatic rings. The van der Waals surface area contributed by atoms with Crippen LogP contribution in [0.1, 0.15) is 28.9 Å². The number of phenols is 1. The highest BCUT2D eigenvalue weighted by Gasteiger charge is 2.66. The number of aliphatic hydroxyl groups is 1. The summed E-state index contributed by atoms with van der Waals surface area (Å²) in [5, 5.41) is 24.3. The molecule has 1 heterocycles. The van der Waals surface area contributed by atoms with Crippen molar-refractivity contribution in [3.8, 4) is 17.2 Å². The Balaban J connectivity index is 2.15. The first-order valence-electron chi connectivity index (χ1n) is 9.53. The van der Waals surface area contributed by atoms with Crippen molar-refractivity contribution in [2.24, 2.45) is 5.92 Å². The summed E-state index contributed by atoms with van der Waals surface area (Å²) < 4.78 is 52.2. The van der Waals surface area contributed by atoms with Gasteiger partial charge in [-0.05, 0) is 48.9 Å². The lowest BCUT2D eigenvalue weighted by Gasteiger charge is -2.45. The second-order valence-electron chi connectivity index (χ2n) is 7.07. The first kappa shape index (κ1) is 23.2. The molecule has 172 valence electrons. The van der Waals surface area contributed by atoms with Crippen molar-refractivity contribution in [2.45, 2.75) is 24.9 Å². The number of ether oxygens (including phenoxy) is 2. The Morgan fingerprint density at radius 1 is 1.19 bits per heavy atom. The number of rotatable bonds is 6. The van der Waals surface area contributed by atoms with Gasteiger partial charge in [0.1, 0.15) is 11.7 Å². The van der Waals surface area contributed by atoms with Crippen molar-refractivity contribution >= 4 is 11.8 Å². The number of carbonyl (C=O) groups is 2. The van der Waals surface area contributed by atoms with Gasteiger partial charge in [-0.25, -0.2) is 4.79 Å². The number of amides is 2. The van der Waals surface area contributed by atoms with Crippen molar-refractivity contribution in [3.05, 3.63) is 53.6 Å². The maximum absolute atomic E-state index is 14.0. The molecule has 32 heavy (non-hydrogen) atoms. The van der Waals surface area contributed by atoms with Crippen LogP contribution in [-0.2, 0) is 0 Å². The number of aromatic hydroxyl groups is 1. The van der Waals surface area contributed by atoms with E-state index in [1.54, 1.807) is 6.92 Å². The minimum atomic E-state index is -5.38. The van der Waals surface area contributed by atoms with Crippen LogP contribution >= 0.6 is 0 Å². The standard InChI is InChI=1S/C21H21F3N2O6/c1-3-32-15-10-12(6-9-14(15)27)17-16(18(28)11-4-7-13(31-2)8-5-11)20(30,21(22,23)24)26-19(29)25-17/h4-10,16-17,27,30H,3H2,1-2H3,(H2,25,26,29)/t16-,17+,20+/m0/s1. The van der Waals surface area contributed by atoms with Gasteiger partial charge in [-0.15, -0.1) is 0 Å². The van der Waals surface area contributed by atoms with Gasteiger partial charge in [0.2, 0.25) is 5.72 Å². The highest BCUT2D eigenvalue weighted by molar-refractivity contribution is 6.00. The van der Waals surface area contributed by atoms with E-state index in [-0.39, 0.29) is 29.2 Å². The molecule has 2 amide bonds. The van der Waals surface area contributed by atoms with Crippen LogP contribution in [0.15, 0.2) is 42.5 Å². The van der Waals surface area contributed by atoms with Gasteiger partial charge in [0.15, 0.2) is 17.3 Å². The summed E-state index contributed by atoms with van der Waals surface area (Å²) in [5.74, 6) is -3.23. The number of alkyl halides is 3. The third kappa shape index (κ3) is 4.15. The van der Waals surface area contributed by atoms with Gasteiger partial charge >= 0.3 is 12.2 Å². The number of hydrogen-bond donors (Lipinski definition) is 4. The van der Waals surface area contributed by atoms with Gasteiger partial charge in [-0.1, -0.05) is 6.07 Å². The molecule has 1 fully saturated rings. The molecule has 0 bridgehead atoms. The Morgan fingerprint density at radius 2 is 1.84 bits per heavy atom. The number of carbonyl (C=O) groups excluding carboxylic acids is 2. The van der Waals surface area contributed by atoms with Crippen LogP contribution in [0.25, 0.3) is 0 Å². The van der Waals surface area contributed by atoms with E-state index in [0.29, 0.717) is 5.75 Å². The molecule has 0 radical (unpaired) electrons. The molecule has 4 N–H and O–H groups in total. The number of Topliss-reactive ketones (excluding diaryl/α,β-unsaturated/α-hetero) is 1. The van der Waals surface area contributed by atoms with Gasteiger partial charge in [0, 0.05) is 5.56 Å². The molecule has 0 saturated carbocycles. The fourth-order valence-corrected chi connectivity index (χ4v) is 3.55. The zero-order valence-electron chi connectivity index (χ0n) is 17.1. The Kier molecular flexibility index (Phi) is 6.22. The fourth-order valence-electron chi connectivity index (χ4n) is 3.55. The van der Waals surface area contributed by atoms with E-state index >= 15 is 0 Å². The predicted octanol–water partition coefficient (Wildman–Crippen LogP) is 2.90. The number of methoxy groups -OCH3 is 1. The number of hydrogen-bond acceptors (Lipinski definition) is 6. The van der Waals surface area contributed by atoms with Gasteiger partial charge in [-0.3, -0.25) is 4.79 Å². The van der Waals surface area contributed by atoms with E-state index in [4.69, 9.17) is 9.47 Å². The molecule has 8 nitrogen and oxygen atoms in total. The van der Waals surface area contributed by atoms with Crippen molar-refractivity contribution in [3.63, 3.8) is 0 Å². The molecule has 0 spiro atoms. The minimum Gasteiger partial charge on any atom is -0.504 e. The summed E-state index contributed by atoms with van der Waals surface area (Å²) in [6.45, 7) is 1.78. The van der Waals surface area contributed by atoms with E-state index in [0.717, 1.165) is 6.07 Å². The molecular weight excluding hydrogens is 433 g/mol. The molecule has 1 aliphatic heterocycles. The molecule has 3 rings (SSSR count). The Morgan fingerprint density at radius 3 is 2.41 bits per heavy atom. The van der Waals surface area contributed by atoms with Crippen LogP contribution in [0.2, 0.25) is 0 Å². The molecule has 1 saturated heterocycles. The third-order valence-electron chi connectivity index (χ3n) is 5.11. The zero-order valence-corrected chi connectivity index (χ0v) is 17.1. The molecule has 0 aliphatic carbocycles. The number of benzene rings is 2. The average Bonchev–Trinajstić information content (AvgIpc) is 2.74. The van der Waals surface area contributed by atoms with Crippen molar-refractivity contribution in [2.75, 3.05) is 13.7 Å². The maximum Gasteiger partial charge on any atom is 0.437 e. The lowest BCUT2D eigenvalue weighted by Crippen LogP contribution is -2.72. The van der Waals surface area contributed by atoms with Gasteiger partial charge in [0.05, 0.1) is 19.8 Å². The molecule has 0 unspecified atom stereocenters. The summed E-state index contributed by atoms with van der Waals surface area (Å²) in [4.78, 5) is 25.3. The molecule has 11 heteroatoms. The first-order valence-corrected chi connectivity index (χ1v) is 9.53. The lowest BCUT2D eigenvalue weighted by molar-refractivity contribution is -0.287.